The van der Waals surface area contributed by atoms with E-state index in [9.17, 15) is 9.46 Å². The fourth-order valence-electron chi connectivity index (χ4n) is 2.23. The van der Waals surface area contributed by atoms with Crippen molar-refractivity contribution in [3.63, 3.8) is 0 Å². The van der Waals surface area contributed by atoms with E-state index in [0.29, 0.717) is 25.0 Å². The minimum absolute atomic E-state index is 0.316. The van der Waals surface area contributed by atoms with Gasteiger partial charge in [-0.15, -0.1) is 0 Å². The van der Waals surface area contributed by atoms with Crippen LogP contribution in [0.5, 0.6) is 0 Å². The third-order valence-corrected chi connectivity index (χ3v) is 4.98. The Bertz CT molecular complexity index is 333. The van der Waals surface area contributed by atoms with E-state index in [1.54, 1.807) is 6.07 Å². The van der Waals surface area contributed by atoms with Gasteiger partial charge in [0.15, 0.2) is 0 Å². The summed E-state index contributed by atoms with van der Waals surface area (Å²) < 4.78 is 22.2. The molecule has 2 unspecified atom stereocenters. The summed E-state index contributed by atoms with van der Waals surface area (Å²) in [6, 6.07) is 1.75. The highest BCUT2D eigenvalue weighted by atomic mass is 31.2. The van der Waals surface area contributed by atoms with Crippen molar-refractivity contribution in [2.45, 2.75) is 86.0 Å². The summed E-state index contributed by atoms with van der Waals surface area (Å²) in [4.78, 5) is 9.77. The quantitative estimate of drug-likeness (QED) is 0.378. The molecule has 6 heteroatoms. The topological polar surface area (TPSA) is 79.5 Å². The van der Waals surface area contributed by atoms with Crippen LogP contribution in [0.3, 0.4) is 0 Å². The van der Waals surface area contributed by atoms with Crippen LogP contribution >= 0.6 is 7.82 Å². The number of unbranched alkanes of at least 4 members (excludes halogenated alkanes) is 2. The number of nitrogens with zero attached hydrogens (tertiary/aromatic N) is 1. The minimum atomic E-state index is -3.89. The number of rotatable bonds is 14. The molecule has 0 aromatic rings. The second kappa shape index (κ2) is 17.4. The van der Waals surface area contributed by atoms with Gasteiger partial charge in [0.05, 0.1) is 19.3 Å². The summed E-state index contributed by atoms with van der Waals surface area (Å²) in [5, 5.41) is 7.32. The molecule has 0 saturated carbocycles. The number of hydrogen-bond donors (Lipinski definition) is 1. The summed E-state index contributed by atoms with van der Waals surface area (Å²) in [5.74, 6) is 0.687. The van der Waals surface area contributed by atoms with E-state index in [-0.39, 0.29) is 0 Å². The van der Waals surface area contributed by atoms with Gasteiger partial charge in [-0.25, -0.2) is 4.57 Å². The molecule has 0 aliphatic heterocycles. The Hall–Kier alpha value is -0.400. The van der Waals surface area contributed by atoms with Gasteiger partial charge in [0.1, 0.15) is 0 Å². The van der Waals surface area contributed by atoms with Gasteiger partial charge in [-0.1, -0.05) is 66.2 Å². The highest BCUT2D eigenvalue weighted by Crippen LogP contribution is 2.44. The molecule has 0 amide bonds. The molecule has 0 saturated heterocycles. The summed E-state index contributed by atoms with van der Waals surface area (Å²) in [7, 11) is -3.89. The van der Waals surface area contributed by atoms with Crippen molar-refractivity contribution in [1.29, 1.82) is 5.26 Å². The molecule has 0 spiro atoms. The fourth-order valence-corrected chi connectivity index (χ4v) is 3.11. The molecule has 0 aliphatic rings. The van der Waals surface area contributed by atoms with E-state index in [0.717, 1.165) is 51.4 Å². The lowest BCUT2D eigenvalue weighted by Crippen LogP contribution is -2.12. The SMILES string of the molecule is CC#N.CCCCC(CC)COP(=O)(O)OCC(CC)CCCC. The smallest absolute Gasteiger partial charge is 0.302 e. The van der Waals surface area contributed by atoms with Gasteiger partial charge in [-0.2, -0.15) is 5.26 Å². The van der Waals surface area contributed by atoms with E-state index >= 15 is 0 Å². The van der Waals surface area contributed by atoms with Crippen LogP contribution in [0, 0.1) is 23.2 Å². The largest absolute Gasteiger partial charge is 0.472 e. The second-order valence-corrected chi connectivity index (χ2v) is 7.57. The van der Waals surface area contributed by atoms with Crippen LogP contribution in [0.25, 0.3) is 0 Å². The van der Waals surface area contributed by atoms with Crippen molar-refractivity contribution in [2.24, 2.45) is 11.8 Å². The van der Waals surface area contributed by atoms with E-state index in [2.05, 4.69) is 27.7 Å². The molecule has 0 heterocycles. The van der Waals surface area contributed by atoms with E-state index < -0.39 is 7.82 Å². The standard InChI is InChI=1S/C16H35O4P.C2H3N/c1-5-9-11-15(7-3)13-19-21(17,18)20-14-16(8-4)12-10-6-2;1-2-3/h15-16H,5-14H2,1-4H3,(H,17,18);1H3. The summed E-state index contributed by atoms with van der Waals surface area (Å²) >= 11 is 0. The first-order chi connectivity index (χ1) is 11.4. The molecular formula is C18H38NO4P. The van der Waals surface area contributed by atoms with Gasteiger partial charge in [0.2, 0.25) is 0 Å². The van der Waals surface area contributed by atoms with E-state index in [1.807, 2.05) is 0 Å². The summed E-state index contributed by atoms with van der Waals surface area (Å²) in [6.07, 6.45) is 8.56. The van der Waals surface area contributed by atoms with Crippen LogP contribution in [0.15, 0.2) is 0 Å². The molecule has 0 aromatic heterocycles. The first-order valence-electron chi connectivity index (χ1n) is 9.33. The number of phosphoric ester groups is 1. The van der Waals surface area contributed by atoms with Crippen LogP contribution in [0.2, 0.25) is 0 Å². The van der Waals surface area contributed by atoms with Crippen molar-refractivity contribution in [3.8, 4) is 6.07 Å². The van der Waals surface area contributed by atoms with Crippen molar-refractivity contribution >= 4 is 7.82 Å². The van der Waals surface area contributed by atoms with Crippen LogP contribution in [0.1, 0.15) is 86.0 Å². The maximum absolute atomic E-state index is 11.9. The van der Waals surface area contributed by atoms with Crippen molar-refractivity contribution in [1.82, 2.24) is 0 Å². The first-order valence-corrected chi connectivity index (χ1v) is 10.8. The zero-order valence-corrected chi connectivity index (χ0v) is 17.2. The third kappa shape index (κ3) is 16.5. The second-order valence-electron chi connectivity index (χ2n) is 6.12. The van der Waals surface area contributed by atoms with Crippen LogP contribution < -0.4 is 0 Å². The van der Waals surface area contributed by atoms with Gasteiger partial charge in [-0.3, -0.25) is 9.05 Å². The molecule has 0 radical (unpaired) electrons. The van der Waals surface area contributed by atoms with Crippen molar-refractivity contribution < 1.29 is 18.5 Å². The molecule has 2 atom stereocenters. The molecule has 0 bridgehead atoms. The molecule has 144 valence electrons. The zero-order chi connectivity index (χ0) is 18.8. The molecule has 0 fully saturated rings. The maximum Gasteiger partial charge on any atom is 0.472 e. The number of nitriles is 1. The lowest BCUT2D eigenvalue weighted by molar-refractivity contribution is 0.110. The van der Waals surface area contributed by atoms with Crippen LogP contribution in [0.4, 0.5) is 0 Å². The minimum Gasteiger partial charge on any atom is -0.302 e. The van der Waals surface area contributed by atoms with Crippen molar-refractivity contribution in [3.05, 3.63) is 0 Å². The molecule has 5 nitrogen and oxygen atoms in total. The first kappa shape index (κ1) is 25.8. The van der Waals surface area contributed by atoms with E-state index in [4.69, 9.17) is 14.3 Å². The van der Waals surface area contributed by atoms with Crippen LogP contribution in [-0.2, 0) is 13.6 Å². The Morgan fingerprint density at radius 3 is 1.54 bits per heavy atom. The Labute approximate surface area is 149 Å². The molecule has 0 rings (SSSR count). The van der Waals surface area contributed by atoms with Gasteiger partial charge in [0.25, 0.3) is 0 Å². The average Bonchev–Trinajstić information content (AvgIpc) is 2.56. The predicted octanol–water partition coefficient (Wildman–Crippen LogP) is 6.08. The molecule has 1 N–H and O–H groups in total. The van der Waals surface area contributed by atoms with E-state index in [1.165, 1.54) is 6.92 Å². The molecule has 0 aliphatic carbocycles. The Morgan fingerprint density at radius 2 is 1.29 bits per heavy atom. The normalized spacial score (nSPS) is 15.5. The highest BCUT2D eigenvalue weighted by Gasteiger charge is 2.24. The monoisotopic (exact) mass is 363 g/mol. The Balaban J connectivity index is 0. The average molecular weight is 363 g/mol. The van der Waals surface area contributed by atoms with Gasteiger partial charge in [-0.05, 0) is 24.7 Å². The Kier molecular flexibility index (Phi) is 18.8. The van der Waals surface area contributed by atoms with Crippen LogP contribution in [-0.4, -0.2) is 18.1 Å². The summed E-state index contributed by atoms with van der Waals surface area (Å²) in [6.45, 7) is 10.5. The van der Waals surface area contributed by atoms with Gasteiger partial charge >= 0.3 is 7.82 Å². The predicted molar refractivity (Wildman–Crippen MR) is 99.6 cm³/mol. The number of phosphoric acid groups is 1. The summed E-state index contributed by atoms with van der Waals surface area (Å²) in [5.41, 5.74) is 0. The third-order valence-electron chi connectivity index (χ3n) is 4.03. The fraction of sp³-hybridized carbons (Fsp3) is 0.944. The lowest BCUT2D eigenvalue weighted by atomic mass is 10.0. The van der Waals surface area contributed by atoms with Crippen molar-refractivity contribution in [2.75, 3.05) is 13.2 Å². The Morgan fingerprint density at radius 1 is 0.958 bits per heavy atom. The van der Waals surface area contributed by atoms with Gasteiger partial charge < -0.3 is 4.89 Å². The molecular weight excluding hydrogens is 325 g/mol. The number of hydrogen-bond acceptors (Lipinski definition) is 4. The highest BCUT2D eigenvalue weighted by molar-refractivity contribution is 7.47. The lowest BCUT2D eigenvalue weighted by Gasteiger charge is -2.20. The van der Waals surface area contributed by atoms with Gasteiger partial charge in [0, 0.05) is 6.92 Å². The molecule has 24 heavy (non-hydrogen) atoms. The maximum atomic E-state index is 11.9. The molecule has 0 aromatic carbocycles. The zero-order valence-electron chi connectivity index (χ0n) is 16.3.